The van der Waals surface area contributed by atoms with Crippen LogP contribution >= 0.6 is 0 Å². The molecule has 7 heteroatoms. The molecule has 6 nitrogen and oxygen atoms in total. The Kier molecular flexibility index (Phi) is 4.39. The molecule has 0 radical (unpaired) electrons. The predicted molar refractivity (Wildman–Crippen MR) is 96.9 cm³/mol. The molecule has 1 aliphatic rings. The first-order valence-electron chi connectivity index (χ1n) is 8.24. The average molecular weight is 339 g/mol. The van der Waals surface area contributed by atoms with Crippen molar-refractivity contribution in [1.82, 2.24) is 9.97 Å². The molecule has 1 N–H and O–H groups in total. The van der Waals surface area contributed by atoms with Crippen LogP contribution in [0.2, 0.25) is 0 Å². The number of nitrogens with zero attached hydrogens (tertiary/aromatic N) is 2. The molecule has 0 spiro atoms. The second kappa shape index (κ2) is 6.24. The minimum atomic E-state index is -0.531. The van der Waals surface area contributed by atoms with Gasteiger partial charge in [0.05, 0.1) is 11.2 Å². The summed E-state index contributed by atoms with van der Waals surface area (Å²) in [6.45, 7) is 9.83. The summed E-state index contributed by atoms with van der Waals surface area (Å²) in [4.78, 5) is 20.9. The van der Waals surface area contributed by atoms with Crippen LogP contribution in [0.25, 0.3) is 0 Å². The van der Waals surface area contributed by atoms with Crippen LogP contribution < -0.4 is 10.8 Å². The van der Waals surface area contributed by atoms with Crippen LogP contribution in [0.5, 0.6) is 0 Å². The SMILES string of the molecule is Cc1cccc(NC(=O)c2cc(B3OC(C)(C)C(C)(C)O3)ccn2)n1. The molecule has 1 aliphatic heterocycles. The number of aryl methyl sites for hydroxylation is 1. The molecule has 1 amide bonds. The van der Waals surface area contributed by atoms with Gasteiger partial charge in [-0.1, -0.05) is 6.07 Å². The number of carbonyl (C=O) groups excluding carboxylic acids is 1. The number of anilines is 1. The first-order valence-corrected chi connectivity index (χ1v) is 8.24. The number of hydrogen-bond donors (Lipinski definition) is 1. The summed E-state index contributed by atoms with van der Waals surface area (Å²) in [5, 5.41) is 2.76. The molecular formula is C18H22BN3O3. The topological polar surface area (TPSA) is 73.3 Å². The van der Waals surface area contributed by atoms with E-state index in [1.807, 2.05) is 46.8 Å². The number of carbonyl (C=O) groups is 1. The molecule has 0 aromatic carbocycles. The summed E-state index contributed by atoms with van der Waals surface area (Å²) in [5.41, 5.74) is 1.01. The normalized spacial score (nSPS) is 18.2. The lowest BCUT2D eigenvalue weighted by atomic mass is 9.79. The van der Waals surface area contributed by atoms with E-state index in [0.29, 0.717) is 5.82 Å². The van der Waals surface area contributed by atoms with Gasteiger partial charge in [-0.05, 0) is 64.3 Å². The van der Waals surface area contributed by atoms with Crippen LogP contribution in [0.3, 0.4) is 0 Å². The fraction of sp³-hybridized carbons (Fsp3) is 0.389. The summed E-state index contributed by atoms with van der Waals surface area (Å²) in [6, 6.07) is 8.93. The van der Waals surface area contributed by atoms with Crippen molar-refractivity contribution in [3.8, 4) is 0 Å². The standard InChI is InChI=1S/C18H22BN3O3/c1-12-7-6-8-15(21-12)22-16(23)14-11-13(9-10-20-14)19-24-17(2,3)18(4,5)25-19/h6-11H,1-5H3,(H,21,22,23). The number of pyridine rings is 2. The first kappa shape index (κ1) is 17.6. The molecular weight excluding hydrogens is 317 g/mol. The van der Waals surface area contributed by atoms with Crippen molar-refractivity contribution in [2.45, 2.75) is 45.8 Å². The van der Waals surface area contributed by atoms with E-state index in [-0.39, 0.29) is 11.6 Å². The van der Waals surface area contributed by atoms with E-state index in [1.54, 1.807) is 24.4 Å². The first-order chi connectivity index (χ1) is 11.7. The molecule has 3 heterocycles. The minimum Gasteiger partial charge on any atom is -0.399 e. The molecule has 3 rings (SSSR count). The fourth-order valence-corrected chi connectivity index (χ4v) is 2.49. The lowest BCUT2D eigenvalue weighted by molar-refractivity contribution is 0.00578. The van der Waals surface area contributed by atoms with Gasteiger partial charge in [0.1, 0.15) is 11.5 Å². The van der Waals surface area contributed by atoms with Gasteiger partial charge in [-0.3, -0.25) is 9.78 Å². The van der Waals surface area contributed by atoms with Gasteiger partial charge < -0.3 is 14.6 Å². The highest BCUT2D eigenvalue weighted by atomic mass is 16.7. The van der Waals surface area contributed by atoms with E-state index in [4.69, 9.17) is 9.31 Å². The largest absolute Gasteiger partial charge is 0.494 e. The zero-order valence-electron chi connectivity index (χ0n) is 15.2. The Balaban J connectivity index is 1.79. The molecule has 0 bridgehead atoms. The lowest BCUT2D eigenvalue weighted by Crippen LogP contribution is -2.41. The van der Waals surface area contributed by atoms with Gasteiger partial charge in [-0.15, -0.1) is 0 Å². The van der Waals surface area contributed by atoms with Gasteiger partial charge >= 0.3 is 7.12 Å². The Morgan fingerprint density at radius 2 is 1.80 bits per heavy atom. The van der Waals surface area contributed by atoms with Gasteiger partial charge in [0, 0.05) is 11.9 Å². The summed E-state index contributed by atoms with van der Waals surface area (Å²) in [5.74, 6) is 0.171. The van der Waals surface area contributed by atoms with Crippen molar-refractivity contribution in [3.63, 3.8) is 0 Å². The maximum Gasteiger partial charge on any atom is 0.494 e. The molecule has 0 aliphatic carbocycles. The van der Waals surface area contributed by atoms with Gasteiger partial charge in [0.15, 0.2) is 0 Å². The Labute approximate surface area is 148 Å². The van der Waals surface area contributed by atoms with E-state index in [0.717, 1.165) is 11.2 Å². The fourth-order valence-electron chi connectivity index (χ4n) is 2.49. The number of rotatable bonds is 3. The predicted octanol–water partition coefficient (Wildman–Crippen LogP) is 2.34. The van der Waals surface area contributed by atoms with Crippen molar-refractivity contribution >= 4 is 24.3 Å². The monoisotopic (exact) mass is 339 g/mol. The quantitative estimate of drug-likeness (QED) is 0.869. The molecule has 0 atom stereocenters. The van der Waals surface area contributed by atoms with E-state index in [9.17, 15) is 4.79 Å². The average Bonchev–Trinajstić information content (AvgIpc) is 2.76. The van der Waals surface area contributed by atoms with Crippen LogP contribution in [0, 0.1) is 6.92 Å². The zero-order valence-corrected chi connectivity index (χ0v) is 15.2. The molecule has 0 unspecified atom stereocenters. The third kappa shape index (κ3) is 3.57. The minimum absolute atomic E-state index is 0.288. The Bertz CT molecular complexity index is 792. The summed E-state index contributed by atoms with van der Waals surface area (Å²) in [6.07, 6.45) is 1.58. The van der Waals surface area contributed by atoms with Crippen molar-refractivity contribution in [2.24, 2.45) is 0 Å². The van der Waals surface area contributed by atoms with Crippen LogP contribution in [0.4, 0.5) is 5.82 Å². The summed E-state index contributed by atoms with van der Waals surface area (Å²) < 4.78 is 12.0. The second-order valence-electron chi connectivity index (χ2n) is 7.18. The van der Waals surface area contributed by atoms with Gasteiger partial charge in [0.2, 0.25) is 0 Å². The van der Waals surface area contributed by atoms with Crippen LogP contribution in [0.1, 0.15) is 43.9 Å². The number of hydrogen-bond acceptors (Lipinski definition) is 5. The number of aromatic nitrogens is 2. The third-order valence-electron chi connectivity index (χ3n) is 4.67. The van der Waals surface area contributed by atoms with E-state index < -0.39 is 18.3 Å². The van der Waals surface area contributed by atoms with Crippen molar-refractivity contribution in [3.05, 3.63) is 47.9 Å². The highest BCUT2D eigenvalue weighted by molar-refractivity contribution is 6.62. The number of nitrogens with one attached hydrogen (secondary N) is 1. The Morgan fingerprint density at radius 3 is 2.44 bits per heavy atom. The molecule has 1 saturated heterocycles. The van der Waals surface area contributed by atoms with Crippen LogP contribution in [0.15, 0.2) is 36.5 Å². The van der Waals surface area contributed by atoms with E-state index in [2.05, 4.69) is 15.3 Å². The maximum atomic E-state index is 12.5. The van der Waals surface area contributed by atoms with Crippen LogP contribution in [-0.4, -0.2) is 34.2 Å². The van der Waals surface area contributed by atoms with Crippen LogP contribution in [-0.2, 0) is 9.31 Å². The Hall–Kier alpha value is -2.25. The highest BCUT2D eigenvalue weighted by Gasteiger charge is 2.51. The molecule has 2 aromatic rings. The second-order valence-corrected chi connectivity index (χ2v) is 7.18. The third-order valence-corrected chi connectivity index (χ3v) is 4.67. The van der Waals surface area contributed by atoms with Crippen molar-refractivity contribution < 1.29 is 14.1 Å². The van der Waals surface area contributed by atoms with Gasteiger partial charge in [0.25, 0.3) is 5.91 Å². The smallest absolute Gasteiger partial charge is 0.399 e. The maximum absolute atomic E-state index is 12.5. The molecule has 1 fully saturated rings. The van der Waals surface area contributed by atoms with Gasteiger partial charge in [-0.25, -0.2) is 4.98 Å². The summed E-state index contributed by atoms with van der Waals surface area (Å²) >= 11 is 0. The van der Waals surface area contributed by atoms with E-state index >= 15 is 0 Å². The Morgan fingerprint density at radius 1 is 1.12 bits per heavy atom. The number of amides is 1. The lowest BCUT2D eigenvalue weighted by Gasteiger charge is -2.32. The van der Waals surface area contributed by atoms with Crippen molar-refractivity contribution in [1.29, 1.82) is 0 Å². The van der Waals surface area contributed by atoms with Gasteiger partial charge in [-0.2, -0.15) is 0 Å². The summed E-state index contributed by atoms with van der Waals surface area (Å²) in [7, 11) is -0.531. The molecule has 0 saturated carbocycles. The molecule has 25 heavy (non-hydrogen) atoms. The van der Waals surface area contributed by atoms with Crippen molar-refractivity contribution in [2.75, 3.05) is 5.32 Å². The van der Waals surface area contributed by atoms with E-state index in [1.165, 1.54) is 0 Å². The molecule has 2 aromatic heterocycles. The molecule has 130 valence electrons. The highest BCUT2D eigenvalue weighted by Crippen LogP contribution is 2.36. The zero-order chi connectivity index (χ0) is 18.2.